The predicted octanol–water partition coefficient (Wildman–Crippen LogP) is 2.78. The van der Waals surface area contributed by atoms with E-state index in [1.54, 1.807) is 24.3 Å². The number of nitrogens with one attached hydrogen (secondary N) is 1. The van der Waals surface area contributed by atoms with E-state index < -0.39 is 5.54 Å². The van der Waals surface area contributed by atoms with Crippen molar-refractivity contribution in [2.75, 3.05) is 13.2 Å². The normalized spacial score (nSPS) is 13.6. The molecule has 146 valence electrons. The van der Waals surface area contributed by atoms with Gasteiger partial charge < -0.3 is 10.1 Å². The number of fused-ring (bicyclic) bond motifs is 1. The molecule has 0 aromatic heterocycles. The molecule has 28 heavy (non-hydrogen) atoms. The molecule has 1 aliphatic rings. The van der Waals surface area contributed by atoms with Crippen molar-refractivity contribution in [2.45, 2.75) is 32.4 Å². The highest BCUT2D eigenvalue weighted by molar-refractivity contribution is 6.21. The maximum absolute atomic E-state index is 12.3. The Bertz CT molecular complexity index is 842. The van der Waals surface area contributed by atoms with Crippen LogP contribution in [-0.2, 0) is 16.1 Å². The van der Waals surface area contributed by atoms with Gasteiger partial charge in [-0.05, 0) is 31.5 Å². The summed E-state index contributed by atoms with van der Waals surface area (Å²) in [5.41, 5.74) is 1.29. The monoisotopic (exact) mass is 380 g/mol. The number of hydrogen-bond acceptors (Lipinski definition) is 4. The summed E-state index contributed by atoms with van der Waals surface area (Å²) in [6.07, 6.45) is 0.0492. The van der Waals surface area contributed by atoms with Gasteiger partial charge in [-0.3, -0.25) is 19.3 Å². The minimum atomic E-state index is -0.562. The van der Waals surface area contributed by atoms with Gasteiger partial charge in [0.2, 0.25) is 5.91 Å². The second-order valence-electron chi connectivity index (χ2n) is 7.47. The van der Waals surface area contributed by atoms with Crippen LogP contribution in [0.4, 0.5) is 0 Å². The summed E-state index contributed by atoms with van der Waals surface area (Å²) in [5, 5.41) is 2.90. The van der Waals surface area contributed by atoms with E-state index in [1.165, 1.54) is 0 Å². The van der Waals surface area contributed by atoms with Gasteiger partial charge >= 0.3 is 0 Å². The molecule has 0 saturated heterocycles. The number of amides is 3. The van der Waals surface area contributed by atoms with Gasteiger partial charge in [-0.1, -0.05) is 42.5 Å². The quantitative estimate of drug-likeness (QED) is 0.715. The Morgan fingerprint density at radius 1 is 0.964 bits per heavy atom. The van der Waals surface area contributed by atoms with Crippen LogP contribution in [0.3, 0.4) is 0 Å². The summed E-state index contributed by atoms with van der Waals surface area (Å²) >= 11 is 0. The van der Waals surface area contributed by atoms with Crippen molar-refractivity contribution >= 4 is 17.7 Å². The first-order chi connectivity index (χ1) is 13.4. The summed E-state index contributed by atoms with van der Waals surface area (Å²) in [7, 11) is 0. The highest BCUT2D eigenvalue weighted by Crippen LogP contribution is 2.22. The largest absolute Gasteiger partial charge is 0.374 e. The van der Waals surface area contributed by atoms with Crippen molar-refractivity contribution in [3.63, 3.8) is 0 Å². The molecule has 6 nitrogen and oxygen atoms in total. The average molecular weight is 380 g/mol. The van der Waals surface area contributed by atoms with Crippen LogP contribution < -0.4 is 5.32 Å². The topological polar surface area (TPSA) is 75.7 Å². The summed E-state index contributed by atoms with van der Waals surface area (Å²) in [6.45, 7) is 4.62. The average Bonchev–Trinajstić information content (AvgIpc) is 2.91. The minimum Gasteiger partial charge on any atom is -0.374 e. The zero-order valence-electron chi connectivity index (χ0n) is 16.1. The van der Waals surface area contributed by atoms with Gasteiger partial charge in [0.25, 0.3) is 11.8 Å². The van der Waals surface area contributed by atoms with Crippen LogP contribution in [0.25, 0.3) is 0 Å². The molecule has 0 spiro atoms. The van der Waals surface area contributed by atoms with E-state index in [0.29, 0.717) is 24.3 Å². The van der Waals surface area contributed by atoms with Gasteiger partial charge in [-0.15, -0.1) is 0 Å². The van der Waals surface area contributed by atoms with E-state index in [9.17, 15) is 14.4 Å². The molecular weight excluding hydrogens is 356 g/mol. The molecule has 0 radical (unpaired) electrons. The fraction of sp³-hybridized carbons (Fsp3) is 0.318. The van der Waals surface area contributed by atoms with Crippen molar-refractivity contribution in [3.8, 4) is 0 Å². The van der Waals surface area contributed by atoms with E-state index in [4.69, 9.17) is 4.74 Å². The molecule has 1 N–H and O–H groups in total. The van der Waals surface area contributed by atoms with Crippen LogP contribution in [0, 0.1) is 0 Å². The van der Waals surface area contributed by atoms with Crippen molar-refractivity contribution in [2.24, 2.45) is 0 Å². The van der Waals surface area contributed by atoms with E-state index in [0.717, 1.165) is 10.5 Å². The highest BCUT2D eigenvalue weighted by Gasteiger charge is 2.35. The molecule has 1 aliphatic heterocycles. The Labute approximate surface area is 164 Å². The van der Waals surface area contributed by atoms with Crippen LogP contribution in [0.1, 0.15) is 46.5 Å². The molecular formula is C22H24N2O4. The van der Waals surface area contributed by atoms with Gasteiger partial charge in [-0.2, -0.15) is 0 Å². The smallest absolute Gasteiger partial charge is 0.261 e. The van der Waals surface area contributed by atoms with Crippen LogP contribution in [0.5, 0.6) is 0 Å². The Kier molecular flexibility index (Phi) is 5.90. The van der Waals surface area contributed by atoms with Gasteiger partial charge in [0.05, 0.1) is 29.9 Å². The Morgan fingerprint density at radius 2 is 1.54 bits per heavy atom. The van der Waals surface area contributed by atoms with E-state index in [2.05, 4.69) is 5.32 Å². The molecule has 0 fully saturated rings. The molecule has 3 rings (SSSR count). The molecule has 0 atom stereocenters. The molecule has 0 unspecified atom stereocenters. The van der Waals surface area contributed by atoms with E-state index in [1.807, 2.05) is 44.2 Å². The van der Waals surface area contributed by atoms with Gasteiger partial charge in [-0.25, -0.2) is 0 Å². The summed E-state index contributed by atoms with van der Waals surface area (Å²) < 4.78 is 5.71. The fourth-order valence-electron chi connectivity index (χ4n) is 3.13. The maximum Gasteiger partial charge on any atom is 0.261 e. The fourth-order valence-corrected chi connectivity index (χ4v) is 3.13. The number of hydrogen-bond donors (Lipinski definition) is 1. The van der Waals surface area contributed by atoms with Crippen LogP contribution in [0.2, 0.25) is 0 Å². The number of benzene rings is 2. The Morgan fingerprint density at radius 3 is 2.14 bits per heavy atom. The third kappa shape index (κ3) is 4.64. The minimum absolute atomic E-state index is 0.0492. The lowest BCUT2D eigenvalue weighted by Gasteiger charge is -2.26. The molecule has 1 heterocycles. The molecule has 2 aromatic carbocycles. The Hall–Kier alpha value is -2.99. The van der Waals surface area contributed by atoms with E-state index >= 15 is 0 Å². The molecule has 0 bridgehead atoms. The molecule has 0 aliphatic carbocycles. The standard InChI is InChI=1S/C22H24N2O4/c1-22(2,15-28-14-16-8-4-3-5-9-16)23-19(25)12-13-24-20(26)17-10-6-7-11-18(17)21(24)27/h3-11H,12-15H2,1-2H3,(H,23,25). The molecule has 0 saturated carbocycles. The zero-order valence-corrected chi connectivity index (χ0v) is 16.1. The van der Waals surface area contributed by atoms with Crippen LogP contribution in [-0.4, -0.2) is 41.3 Å². The number of imide groups is 1. The summed E-state index contributed by atoms with van der Waals surface area (Å²) in [4.78, 5) is 38.1. The number of nitrogens with zero attached hydrogens (tertiary/aromatic N) is 1. The highest BCUT2D eigenvalue weighted by atomic mass is 16.5. The lowest BCUT2D eigenvalue weighted by molar-refractivity contribution is -0.123. The molecule has 6 heteroatoms. The first-order valence-electron chi connectivity index (χ1n) is 9.25. The van der Waals surface area contributed by atoms with Crippen LogP contribution >= 0.6 is 0 Å². The SMILES string of the molecule is CC(C)(COCc1ccccc1)NC(=O)CCN1C(=O)c2ccccc2C1=O. The third-order valence-corrected chi connectivity index (χ3v) is 4.49. The van der Waals surface area contributed by atoms with Crippen LogP contribution in [0.15, 0.2) is 54.6 Å². The van der Waals surface area contributed by atoms with Gasteiger partial charge in [0.15, 0.2) is 0 Å². The second kappa shape index (κ2) is 8.35. The van der Waals surface area contributed by atoms with Crippen molar-refractivity contribution in [3.05, 3.63) is 71.3 Å². The number of carbonyl (C=O) groups excluding carboxylic acids is 3. The lowest BCUT2D eigenvalue weighted by atomic mass is 10.1. The first kappa shape index (κ1) is 19.8. The van der Waals surface area contributed by atoms with Crippen molar-refractivity contribution in [1.82, 2.24) is 10.2 Å². The second-order valence-corrected chi connectivity index (χ2v) is 7.47. The maximum atomic E-state index is 12.3. The predicted molar refractivity (Wildman–Crippen MR) is 105 cm³/mol. The Balaban J connectivity index is 1.46. The molecule has 3 amide bonds. The third-order valence-electron chi connectivity index (χ3n) is 4.49. The zero-order chi connectivity index (χ0) is 20.1. The number of carbonyl (C=O) groups is 3. The number of ether oxygens (including phenoxy) is 1. The summed E-state index contributed by atoms with van der Waals surface area (Å²) in [6, 6.07) is 16.5. The molecule has 2 aromatic rings. The van der Waals surface area contributed by atoms with Gasteiger partial charge in [0, 0.05) is 13.0 Å². The number of rotatable bonds is 8. The van der Waals surface area contributed by atoms with Crippen molar-refractivity contribution in [1.29, 1.82) is 0 Å². The van der Waals surface area contributed by atoms with Crippen molar-refractivity contribution < 1.29 is 19.1 Å². The lowest BCUT2D eigenvalue weighted by Crippen LogP contribution is -2.48. The van der Waals surface area contributed by atoms with E-state index in [-0.39, 0.29) is 30.7 Å². The first-order valence-corrected chi connectivity index (χ1v) is 9.25. The summed E-state index contributed by atoms with van der Waals surface area (Å²) in [5.74, 6) is -0.928. The van der Waals surface area contributed by atoms with Gasteiger partial charge in [0.1, 0.15) is 0 Å².